The Morgan fingerprint density at radius 2 is 1.62 bits per heavy atom. The maximum absolute atomic E-state index is 11.5. The lowest BCUT2D eigenvalue weighted by Crippen LogP contribution is -2.07. The first-order valence-corrected chi connectivity index (χ1v) is 14.0. The highest BCUT2D eigenvalue weighted by molar-refractivity contribution is 5.94. The van der Waals surface area contributed by atoms with Crippen LogP contribution in [0.15, 0.2) is 72.9 Å². The number of carbonyl (C=O) groups is 2. The van der Waals surface area contributed by atoms with Gasteiger partial charge in [-0.1, -0.05) is 66.7 Å². The molecule has 0 unspecified atom stereocenters. The van der Waals surface area contributed by atoms with Gasteiger partial charge in [-0.25, -0.2) is 0 Å². The Labute approximate surface area is 234 Å². The minimum atomic E-state index is -0.920. The van der Waals surface area contributed by atoms with Gasteiger partial charge < -0.3 is 19.5 Å². The van der Waals surface area contributed by atoms with E-state index in [0.29, 0.717) is 19.4 Å². The van der Waals surface area contributed by atoms with E-state index in [1.54, 1.807) is 4.57 Å². The van der Waals surface area contributed by atoms with Gasteiger partial charge in [-0.3, -0.25) is 9.59 Å². The van der Waals surface area contributed by atoms with E-state index in [1.807, 2.05) is 60.8 Å². The lowest BCUT2D eigenvalue weighted by Gasteiger charge is -2.10. The highest BCUT2D eigenvalue weighted by atomic mass is 16.5. The predicted molar refractivity (Wildman–Crippen MR) is 158 cm³/mol. The van der Waals surface area contributed by atoms with Crippen LogP contribution in [0.2, 0.25) is 0 Å². The number of aliphatic carboxylic acids is 2. The number of para-hydroxylation sites is 1. The van der Waals surface area contributed by atoms with E-state index < -0.39 is 11.9 Å². The van der Waals surface area contributed by atoms with Crippen molar-refractivity contribution in [2.75, 3.05) is 6.61 Å². The average molecular weight is 538 g/mol. The average Bonchev–Trinajstić information content (AvgIpc) is 3.51. The monoisotopic (exact) mass is 537 g/mol. The number of benzene rings is 3. The Kier molecular flexibility index (Phi) is 8.65. The third-order valence-corrected chi connectivity index (χ3v) is 7.65. The number of carboxylic acids is 2. The van der Waals surface area contributed by atoms with E-state index in [1.165, 1.54) is 30.4 Å². The molecule has 0 fully saturated rings. The van der Waals surface area contributed by atoms with Crippen molar-refractivity contribution in [1.82, 2.24) is 4.57 Å². The molecule has 0 atom stereocenters. The molecule has 1 heterocycles. The maximum atomic E-state index is 11.5. The van der Waals surface area contributed by atoms with Gasteiger partial charge in [0.2, 0.25) is 0 Å². The molecular weight excluding hydrogens is 502 g/mol. The Morgan fingerprint density at radius 3 is 2.33 bits per heavy atom. The van der Waals surface area contributed by atoms with Crippen LogP contribution in [-0.2, 0) is 35.4 Å². The first-order valence-electron chi connectivity index (χ1n) is 14.0. The van der Waals surface area contributed by atoms with Gasteiger partial charge >= 0.3 is 11.9 Å². The number of aryl methyl sites for hydroxylation is 1. The summed E-state index contributed by atoms with van der Waals surface area (Å²) >= 11 is 0. The second-order valence-corrected chi connectivity index (χ2v) is 10.6. The third-order valence-electron chi connectivity index (χ3n) is 7.65. The van der Waals surface area contributed by atoms with E-state index >= 15 is 0 Å². The zero-order valence-electron chi connectivity index (χ0n) is 22.6. The summed E-state index contributed by atoms with van der Waals surface area (Å²) in [7, 11) is 0. The summed E-state index contributed by atoms with van der Waals surface area (Å²) in [6.45, 7) is 0.555. The molecule has 0 radical (unpaired) electrons. The molecule has 0 bridgehead atoms. The van der Waals surface area contributed by atoms with Crippen LogP contribution in [0.3, 0.4) is 0 Å². The fraction of sp³-hybridized carbons (Fsp3) is 0.294. The molecule has 1 aromatic heterocycles. The maximum Gasteiger partial charge on any atom is 0.323 e. The van der Waals surface area contributed by atoms with Crippen LogP contribution in [0, 0.1) is 5.92 Å². The summed E-state index contributed by atoms with van der Waals surface area (Å²) in [6, 6.07) is 22.7. The van der Waals surface area contributed by atoms with Crippen molar-refractivity contribution < 1.29 is 24.5 Å². The molecule has 0 saturated carbocycles. The van der Waals surface area contributed by atoms with E-state index in [-0.39, 0.29) is 13.0 Å². The predicted octanol–water partition coefficient (Wildman–Crippen LogP) is 6.88. The number of aromatic nitrogens is 1. The number of hydrogen-bond acceptors (Lipinski definition) is 3. The molecule has 1 aliphatic carbocycles. The van der Waals surface area contributed by atoms with Gasteiger partial charge in [-0.2, -0.15) is 0 Å². The molecule has 1 aliphatic rings. The minimum Gasteiger partial charge on any atom is -0.494 e. The highest BCUT2D eigenvalue weighted by Gasteiger charge is 2.20. The summed E-state index contributed by atoms with van der Waals surface area (Å²) in [4.78, 5) is 22.5. The zero-order chi connectivity index (χ0) is 27.9. The van der Waals surface area contributed by atoms with Crippen molar-refractivity contribution in [2.24, 2.45) is 5.92 Å². The van der Waals surface area contributed by atoms with Crippen molar-refractivity contribution >= 4 is 35.0 Å². The molecule has 4 aromatic rings. The van der Waals surface area contributed by atoms with Crippen LogP contribution < -0.4 is 4.74 Å². The van der Waals surface area contributed by atoms with E-state index in [9.17, 15) is 14.7 Å². The molecule has 2 N–H and O–H groups in total. The lowest BCUT2D eigenvalue weighted by atomic mass is 10.0. The molecule has 3 aromatic carbocycles. The van der Waals surface area contributed by atoms with Gasteiger partial charge in [0.1, 0.15) is 12.3 Å². The van der Waals surface area contributed by atoms with E-state index in [2.05, 4.69) is 24.3 Å². The fourth-order valence-electron chi connectivity index (χ4n) is 5.77. The number of nitrogens with zero attached hydrogens (tertiary/aromatic N) is 1. The Bertz CT molecular complexity index is 1490. The van der Waals surface area contributed by atoms with Crippen molar-refractivity contribution in [2.45, 2.75) is 51.5 Å². The number of ether oxygens (including phenoxy) is 1. The molecule has 6 nitrogen and oxygen atoms in total. The topological polar surface area (TPSA) is 88.8 Å². The molecule has 5 rings (SSSR count). The summed E-state index contributed by atoms with van der Waals surface area (Å²) in [5.41, 5.74) is 6.74. The first-order chi connectivity index (χ1) is 19.5. The first kappa shape index (κ1) is 27.3. The van der Waals surface area contributed by atoms with Crippen LogP contribution in [0.4, 0.5) is 0 Å². The second-order valence-electron chi connectivity index (χ2n) is 10.6. The summed E-state index contributed by atoms with van der Waals surface area (Å²) in [6.07, 6.45) is 11.6. The van der Waals surface area contributed by atoms with E-state index in [0.717, 1.165) is 45.7 Å². The Balaban J connectivity index is 1.19. The molecule has 6 heteroatoms. The van der Waals surface area contributed by atoms with Gasteiger partial charge in [-0.05, 0) is 84.4 Å². The normalized spacial score (nSPS) is 13.2. The van der Waals surface area contributed by atoms with Crippen LogP contribution in [-0.4, -0.2) is 33.3 Å². The Morgan fingerprint density at radius 1 is 0.875 bits per heavy atom. The lowest BCUT2D eigenvalue weighted by molar-refractivity contribution is -0.138. The number of fused-ring (bicyclic) bond motifs is 2. The summed E-state index contributed by atoms with van der Waals surface area (Å²) in [5.74, 6) is -0.174. The van der Waals surface area contributed by atoms with Crippen molar-refractivity contribution in [1.29, 1.82) is 0 Å². The fourth-order valence-corrected chi connectivity index (χ4v) is 5.77. The van der Waals surface area contributed by atoms with Crippen molar-refractivity contribution in [3.8, 4) is 5.75 Å². The van der Waals surface area contributed by atoms with Gasteiger partial charge in [0.15, 0.2) is 0 Å². The van der Waals surface area contributed by atoms with Crippen LogP contribution in [0.1, 0.15) is 53.5 Å². The van der Waals surface area contributed by atoms with Gasteiger partial charge in [-0.15, -0.1) is 0 Å². The molecule has 40 heavy (non-hydrogen) atoms. The smallest absolute Gasteiger partial charge is 0.323 e. The number of carboxylic acid groups (broad SMARTS) is 2. The van der Waals surface area contributed by atoms with Gasteiger partial charge in [0.25, 0.3) is 0 Å². The molecule has 206 valence electrons. The minimum absolute atomic E-state index is 0.0835. The highest BCUT2D eigenvalue weighted by Crippen LogP contribution is 2.30. The molecular formula is C34H35NO5. The molecule has 0 spiro atoms. The standard InChI is InChI=1S/C34H35NO5/c36-32(37)12-4-10-29-22-35(23-33(38)39)34-26(9-3-11-31(29)34)16-13-24-14-17-30(18-15-24)40-19-5-6-25-20-27-7-1-2-8-28(27)21-25/h1-3,7-9,11,13-18,22,25H,4-6,10,12,19-21,23H2,(H,36,37)(H,38,39)/b16-13+. The summed E-state index contributed by atoms with van der Waals surface area (Å²) < 4.78 is 7.75. The van der Waals surface area contributed by atoms with Crippen molar-refractivity contribution in [3.63, 3.8) is 0 Å². The van der Waals surface area contributed by atoms with E-state index in [4.69, 9.17) is 9.84 Å². The van der Waals surface area contributed by atoms with Gasteiger partial charge in [0.05, 0.1) is 12.1 Å². The molecule has 0 amide bonds. The number of rotatable bonds is 13. The van der Waals surface area contributed by atoms with Crippen LogP contribution >= 0.6 is 0 Å². The molecule has 0 saturated heterocycles. The van der Waals surface area contributed by atoms with Gasteiger partial charge in [0, 0.05) is 18.0 Å². The van der Waals surface area contributed by atoms with Crippen LogP contribution in [0.5, 0.6) is 5.75 Å². The largest absolute Gasteiger partial charge is 0.494 e. The third kappa shape index (κ3) is 6.81. The quantitative estimate of drug-likeness (QED) is 0.143. The van der Waals surface area contributed by atoms with Crippen LogP contribution in [0.25, 0.3) is 23.1 Å². The summed E-state index contributed by atoms with van der Waals surface area (Å²) in [5, 5.41) is 19.4. The molecule has 0 aliphatic heterocycles. The Hall–Kier alpha value is -4.32. The SMILES string of the molecule is O=C(O)CCCc1cn(CC(=O)O)c2c(/C=C/c3ccc(OCCCC4Cc5ccccc5C4)cc3)cccc12. The van der Waals surface area contributed by atoms with Crippen molar-refractivity contribution in [3.05, 3.63) is 101 Å². The zero-order valence-corrected chi connectivity index (χ0v) is 22.6. The second kappa shape index (κ2) is 12.7. The number of hydrogen-bond donors (Lipinski definition) is 2.